The molecule has 38 heavy (non-hydrogen) atoms. The molecule has 0 aromatic carbocycles. The first-order chi connectivity index (χ1) is 17.3. The SMILES string of the molecule is CC(CCO[Si](C)(C)C)C1CCC2C3C(CCC12C)C1(C)CC[C@@H](O[Si](C)(C)C)C[C@H]1C[C@H]3O[Si](C)(C)C. The van der Waals surface area contributed by atoms with Crippen LogP contribution in [0.15, 0.2) is 0 Å². The number of rotatable bonds is 9. The van der Waals surface area contributed by atoms with E-state index in [9.17, 15) is 0 Å². The van der Waals surface area contributed by atoms with E-state index >= 15 is 0 Å². The third kappa shape index (κ3) is 6.77. The number of hydrogen-bond acceptors (Lipinski definition) is 3. The minimum atomic E-state index is -1.64. The van der Waals surface area contributed by atoms with Gasteiger partial charge in [0.2, 0.25) is 0 Å². The lowest BCUT2D eigenvalue weighted by molar-refractivity contribution is -0.168. The molecule has 7 unspecified atom stereocenters. The molecule has 4 fully saturated rings. The Balaban J connectivity index is 1.56. The zero-order valence-electron chi connectivity index (χ0n) is 27.4. The molecular formula is C32H64O3Si3. The van der Waals surface area contributed by atoms with Gasteiger partial charge in [-0.25, -0.2) is 0 Å². The van der Waals surface area contributed by atoms with Gasteiger partial charge < -0.3 is 13.3 Å². The normalized spacial score (nSPS) is 42.8. The first-order valence-corrected chi connectivity index (χ1v) is 26.5. The minimum Gasteiger partial charge on any atom is -0.418 e. The Hall–Kier alpha value is 0.531. The van der Waals surface area contributed by atoms with Crippen molar-refractivity contribution in [1.29, 1.82) is 0 Å². The van der Waals surface area contributed by atoms with Gasteiger partial charge in [0.1, 0.15) is 0 Å². The predicted octanol–water partition coefficient (Wildman–Crippen LogP) is 9.57. The van der Waals surface area contributed by atoms with Crippen LogP contribution in [0.2, 0.25) is 58.9 Å². The largest absolute Gasteiger partial charge is 0.418 e. The Morgan fingerprint density at radius 3 is 1.92 bits per heavy atom. The Kier molecular flexibility index (Phi) is 9.09. The van der Waals surface area contributed by atoms with Crippen LogP contribution in [0.25, 0.3) is 0 Å². The summed E-state index contributed by atoms with van der Waals surface area (Å²) in [7, 11) is -4.58. The highest BCUT2D eigenvalue weighted by atomic mass is 28.4. The molecule has 4 aliphatic carbocycles. The highest BCUT2D eigenvalue weighted by molar-refractivity contribution is 6.70. The van der Waals surface area contributed by atoms with Crippen LogP contribution in [-0.2, 0) is 13.3 Å². The van der Waals surface area contributed by atoms with E-state index in [-0.39, 0.29) is 0 Å². The van der Waals surface area contributed by atoms with Gasteiger partial charge in [-0.1, -0.05) is 20.8 Å². The summed E-state index contributed by atoms with van der Waals surface area (Å²) in [6.45, 7) is 30.3. The molecule has 0 aromatic heterocycles. The maximum Gasteiger partial charge on any atom is 0.184 e. The monoisotopic (exact) mass is 580 g/mol. The molecule has 6 heteroatoms. The Labute approximate surface area is 240 Å². The summed E-state index contributed by atoms with van der Waals surface area (Å²) < 4.78 is 20.3. The number of hydrogen-bond donors (Lipinski definition) is 0. The summed E-state index contributed by atoms with van der Waals surface area (Å²) in [5.41, 5.74) is 0.946. The fourth-order valence-electron chi connectivity index (χ4n) is 10.1. The van der Waals surface area contributed by atoms with Crippen molar-refractivity contribution in [3.05, 3.63) is 0 Å². The molecule has 0 radical (unpaired) electrons. The molecule has 0 bridgehead atoms. The molecule has 4 aliphatic rings. The van der Waals surface area contributed by atoms with Gasteiger partial charge in [0.15, 0.2) is 25.0 Å². The van der Waals surface area contributed by atoms with E-state index in [1.807, 2.05) is 0 Å². The fraction of sp³-hybridized carbons (Fsp3) is 1.00. The van der Waals surface area contributed by atoms with Crippen LogP contribution in [0.4, 0.5) is 0 Å². The van der Waals surface area contributed by atoms with E-state index in [1.54, 1.807) is 0 Å². The van der Waals surface area contributed by atoms with E-state index in [4.69, 9.17) is 13.3 Å². The summed E-state index contributed by atoms with van der Waals surface area (Å²) in [5.74, 6) is 4.79. The average molecular weight is 581 g/mol. The van der Waals surface area contributed by atoms with Crippen molar-refractivity contribution in [3.8, 4) is 0 Å². The second kappa shape index (κ2) is 11.0. The lowest BCUT2D eigenvalue weighted by Crippen LogP contribution is -2.60. The first kappa shape index (κ1) is 31.5. The Bertz CT molecular complexity index is 814. The van der Waals surface area contributed by atoms with Crippen molar-refractivity contribution in [2.45, 2.75) is 150 Å². The van der Waals surface area contributed by atoms with E-state index in [0.29, 0.717) is 23.0 Å². The Morgan fingerprint density at radius 1 is 0.711 bits per heavy atom. The van der Waals surface area contributed by atoms with Gasteiger partial charge in [-0.05, 0) is 163 Å². The first-order valence-electron chi connectivity index (χ1n) is 16.3. The summed E-state index contributed by atoms with van der Waals surface area (Å²) in [5, 5.41) is 0. The molecular weight excluding hydrogens is 517 g/mol. The molecule has 4 rings (SSSR count). The van der Waals surface area contributed by atoms with Crippen LogP contribution in [0, 0.1) is 46.3 Å². The maximum atomic E-state index is 7.22. The molecule has 0 aliphatic heterocycles. The van der Waals surface area contributed by atoms with E-state index < -0.39 is 25.0 Å². The van der Waals surface area contributed by atoms with E-state index in [0.717, 1.165) is 42.1 Å². The van der Waals surface area contributed by atoms with Crippen molar-refractivity contribution in [1.82, 2.24) is 0 Å². The molecule has 0 aromatic rings. The standard InChI is InChI=1S/C32H64O3Si3/c1-23(17-20-33-36(4,5)6)26-13-14-27-30-28(16-19-32(26,27)3)31(2)18-15-25(34-37(7,8)9)21-24(31)22-29(30)35-38(10,11)12/h23-30H,13-22H2,1-12H3/t23?,24-,25+,26?,27?,28?,29+,30?,31?,32?/m0/s1. The van der Waals surface area contributed by atoms with Gasteiger partial charge in [0, 0.05) is 18.8 Å². The smallest absolute Gasteiger partial charge is 0.184 e. The second-order valence-corrected chi connectivity index (χ2v) is 31.0. The highest BCUT2D eigenvalue weighted by Crippen LogP contribution is 2.69. The lowest BCUT2D eigenvalue weighted by Gasteiger charge is -2.64. The minimum absolute atomic E-state index is 0.462. The average Bonchev–Trinajstić information content (AvgIpc) is 3.09. The molecule has 10 atom stereocenters. The Morgan fingerprint density at radius 2 is 1.32 bits per heavy atom. The lowest BCUT2D eigenvalue weighted by atomic mass is 9.43. The zero-order valence-corrected chi connectivity index (χ0v) is 30.4. The second-order valence-electron chi connectivity index (χ2n) is 17.6. The van der Waals surface area contributed by atoms with Gasteiger partial charge in [0.25, 0.3) is 0 Å². The van der Waals surface area contributed by atoms with Gasteiger partial charge in [-0.3, -0.25) is 0 Å². The van der Waals surface area contributed by atoms with Crippen LogP contribution in [-0.4, -0.2) is 43.8 Å². The van der Waals surface area contributed by atoms with Crippen LogP contribution in [0.3, 0.4) is 0 Å². The van der Waals surface area contributed by atoms with Crippen molar-refractivity contribution in [2.75, 3.05) is 6.61 Å². The molecule has 3 nitrogen and oxygen atoms in total. The molecule has 0 spiro atoms. The van der Waals surface area contributed by atoms with Crippen molar-refractivity contribution < 1.29 is 13.3 Å². The van der Waals surface area contributed by atoms with E-state index in [2.05, 4.69) is 79.7 Å². The molecule has 222 valence electrons. The van der Waals surface area contributed by atoms with Gasteiger partial charge in [0.05, 0.1) is 0 Å². The third-order valence-corrected chi connectivity index (χ3v) is 14.6. The van der Waals surface area contributed by atoms with Crippen molar-refractivity contribution >= 4 is 25.0 Å². The maximum absolute atomic E-state index is 7.22. The summed E-state index contributed by atoms with van der Waals surface area (Å²) in [6, 6.07) is 0. The molecule has 0 N–H and O–H groups in total. The summed E-state index contributed by atoms with van der Waals surface area (Å²) in [4.78, 5) is 0. The summed E-state index contributed by atoms with van der Waals surface area (Å²) >= 11 is 0. The molecule has 4 saturated carbocycles. The van der Waals surface area contributed by atoms with E-state index in [1.165, 1.54) is 57.8 Å². The van der Waals surface area contributed by atoms with Crippen molar-refractivity contribution in [3.63, 3.8) is 0 Å². The topological polar surface area (TPSA) is 27.7 Å². The zero-order chi connectivity index (χ0) is 28.3. The van der Waals surface area contributed by atoms with Crippen LogP contribution in [0.5, 0.6) is 0 Å². The molecule has 0 saturated heterocycles. The van der Waals surface area contributed by atoms with Crippen LogP contribution in [0.1, 0.15) is 78.6 Å². The van der Waals surface area contributed by atoms with Crippen molar-refractivity contribution in [2.24, 2.45) is 46.3 Å². The quantitative estimate of drug-likeness (QED) is 0.254. The summed E-state index contributed by atoms with van der Waals surface area (Å²) in [6.07, 6.45) is 13.1. The van der Waals surface area contributed by atoms with Crippen LogP contribution < -0.4 is 0 Å². The molecule has 0 heterocycles. The predicted molar refractivity (Wildman–Crippen MR) is 170 cm³/mol. The van der Waals surface area contributed by atoms with Gasteiger partial charge in [-0.2, -0.15) is 0 Å². The highest BCUT2D eigenvalue weighted by Gasteiger charge is 2.63. The van der Waals surface area contributed by atoms with Crippen LogP contribution >= 0.6 is 0 Å². The van der Waals surface area contributed by atoms with Gasteiger partial charge in [-0.15, -0.1) is 0 Å². The van der Waals surface area contributed by atoms with Gasteiger partial charge >= 0.3 is 0 Å². The number of fused-ring (bicyclic) bond motifs is 5. The fourth-order valence-corrected chi connectivity index (χ4v) is 13.2. The molecule has 0 amide bonds. The third-order valence-electron chi connectivity index (χ3n) is 11.5.